The monoisotopic (exact) mass is 306 g/mol. The summed E-state index contributed by atoms with van der Waals surface area (Å²) in [6, 6.07) is 7.61. The Labute approximate surface area is 130 Å². The molecular weight excluding hydrogens is 288 g/mol. The van der Waals surface area contributed by atoms with Crippen LogP contribution >= 0.6 is 11.6 Å². The number of benzene rings is 1. The van der Waals surface area contributed by atoms with Gasteiger partial charge in [0.2, 0.25) is 0 Å². The van der Waals surface area contributed by atoms with Gasteiger partial charge in [-0.1, -0.05) is 31.0 Å². The van der Waals surface area contributed by atoms with Crippen LogP contribution in [0.3, 0.4) is 0 Å². The Hall–Kier alpha value is -1.81. The highest BCUT2D eigenvalue weighted by atomic mass is 35.5. The Bertz CT molecular complexity index is 617. The molecular formula is C16H19ClN2O2. The molecule has 0 spiro atoms. The van der Waals surface area contributed by atoms with Gasteiger partial charge in [0.25, 0.3) is 0 Å². The molecule has 1 aromatic carbocycles. The summed E-state index contributed by atoms with van der Waals surface area (Å²) < 4.78 is 10.5. The molecule has 21 heavy (non-hydrogen) atoms. The summed E-state index contributed by atoms with van der Waals surface area (Å²) in [6.45, 7) is 2.12. The molecule has 0 bridgehead atoms. The molecule has 0 unspecified atom stereocenters. The van der Waals surface area contributed by atoms with E-state index in [2.05, 4.69) is 16.9 Å². The van der Waals surface area contributed by atoms with E-state index >= 15 is 0 Å². The zero-order valence-electron chi connectivity index (χ0n) is 12.5. The molecule has 0 aliphatic rings. The summed E-state index contributed by atoms with van der Waals surface area (Å²) in [6.07, 6.45) is 2.54. The van der Waals surface area contributed by atoms with Crippen molar-refractivity contribution in [2.45, 2.75) is 26.2 Å². The lowest BCUT2D eigenvalue weighted by molar-refractivity contribution is 0.354. The molecule has 0 fully saturated rings. The Kier molecular flexibility index (Phi) is 5.39. The summed E-state index contributed by atoms with van der Waals surface area (Å²) in [5, 5.41) is 0.490. The number of aromatic nitrogens is 2. The summed E-state index contributed by atoms with van der Waals surface area (Å²) in [5.41, 5.74) is 2.03. The van der Waals surface area contributed by atoms with Crippen molar-refractivity contribution in [3.8, 4) is 11.5 Å². The van der Waals surface area contributed by atoms with Crippen molar-refractivity contribution in [1.82, 2.24) is 9.97 Å². The van der Waals surface area contributed by atoms with Gasteiger partial charge in [0.15, 0.2) is 11.5 Å². The van der Waals surface area contributed by atoms with Crippen LogP contribution in [0, 0.1) is 0 Å². The highest BCUT2D eigenvalue weighted by Gasteiger charge is 2.08. The van der Waals surface area contributed by atoms with E-state index < -0.39 is 0 Å². The van der Waals surface area contributed by atoms with Gasteiger partial charge < -0.3 is 9.47 Å². The van der Waals surface area contributed by atoms with E-state index in [-0.39, 0.29) is 0 Å². The predicted molar refractivity (Wildman–Crippen MR) is 83.4 cm³/mol. The first-order valence-electron chi connectivity index (χ1n) is 6.89. The van der Waals surface area contributed by atoms with Crippen LogP contribution in [0.4, 0.5) is 0 Å². The van der Waals surface area contributed by atoms with Crippen LogP contribution in [0.5, 0.6) is 11.5 Å². The third kappa shape index (κ3) is 4.08. The maximum atomic E-state index is 6.06. The van der Waals surface area contributed by atoms with E-state index in [0.29, 0.717) is 23.1 Å². The van der Waals surface area contributed by atoms with Crippen LogP contribution < -0.4 is 9.47 Å². The molecule has 1 aromatic heterocycles. The molecule has 0 radical (unpaired) electrons. The van der Waals surface area contributed by atoms with E-state index in [0.717, 1.165) is 29.9 Å². The minimum atomic E-state index is 0.490. The van der Waals surface area contributed by atoms with E-state index in [1.54, 1.807) is 14.2 Å². The van der Waals surface area contributed by atoms with Crippen LogP contribution in [0.2, 0.25) is 5.15 Å². The summed E-state index contributed by atoms with van der Waals surface area (Å²) in [4.78, 5) is 8.84. The maximum Gasteiger partial charge on any atom is 0.161 e. The number of aryl methyl sites for hydroxylation is 1. The average Bonchev–Trinajstić information content (AvgIpc) is 2.46. The van der Waals surface area contributed by atoms with Gasteiger partial charge in [-0.2, -0.15) is 0 Å². The lowest BCUT2D eigenvalue weighted by atomic mass is 10.1. The summed E-state index contributed by atoms with van der Waals surface area (Å²) >= 11 is 6.06. The molecule has 1 heterocycles. The lowest BCUT2D eigenvalue weighted by Crippen LogP contribution is -2.01. The zero-order valence-corrected chi connectivity index (χ0v) is 13.3. The molecule has 4 nitrogen and oxygen atoms in total. The van der Waals surface area contributed by atoms with Crippen molar-refractivity contribution >= 4 is 11.6 Å². The number of halogens is 1. The van der Waals surface area contributed by atoms with Crippen molar-refractivity contribution in [1.29, 1.82) is 0 Å². The number of rotatable bonds is 6. The van der Waals surface area contributed by atoms with Gasteiger partial charge in [0.1, 0.15) is 11.0 Å². The third-order valence-electron chi connectivity index (χ3n) is 3.11. The van der Waals surface area contributed by atoms with Crippen LogP contribution in [0.1, 0.15) is 30.4 Å². The van der Waals surface area contributed by atoms with Crippen molar-refractivity contribution in [2.75, 3.05) is 14.2 Å². The maximum absolute atomic E-state index is 6.06. The Morgan fingerprint density at radius 2 is 1.81 bits per heavy atom. The Morgan fingerprint density at radius 1 is 1.05 bits per heavy atom. The number of methoxy groups -OCH3 is 2. The van der Waals surface area contributed by atoms with Gasteiger partial charge >= 0.3 is 0 Å². The molecule has 2 rings (SSSR count). The average molecular weight is 307 g/mol. The van der Waals surface area contributed by atoms with Crippen molar-refractivity contribution < 1.29 is 9.47 Å². The molecule has 0 atom stereocenters. The first-order valence-corrected chi connectivity index (χ1v) is 7.27. The Morgan fingerprint density at radius 3 is 2.48 bits per heavy atom. The van der Waals surface area contributed by atoms with Gasteiger partial charge in [-0.3, -0.25) is 0 Å². The predicted octanol–water partition coefficient (Wildman–Crippen LogP) is 3.69. The number of nitrogens with zero attached hydrogens (tertiary/aromatic N) is 2. The minimum Gasteiger partial charge on any atom is -0.493 e. The highest BCUT2D eigenvalue weighted by molar-refractivity contribution is 6.29. The summed E-state index contributed by atoms with van der Waals surface area (Å²) in [7, 11) is 3.24. The first kappa shape index (κ1) is 15.6. The fourth-order valence-corrected chi connectivity index (χ4v) is 2.38. The smallest absolute Gasteiger partial charge is 0.161 e. The molecule has 0 amide bonds. The summed E-state index contributed by atoms with van der Waals surface area (Å²) in [5.74, 6) is 2.13. The Balaban J connectivity index is 2.25. The second kappa shape index (κ2) is 7.27. The largest absolute Gasteiger partial charge is 0.493 e. The van der Waals surface area contributed by atoms with Gasteiger partial charge in [-0.25, -0.2) is 9.97 Å². The molecule has 0 saturated heterocycles. The van der Waals surface area contributed by atoms with Crippen LogP contribution in [0.15, 0.2) is 24.3 Å². The number of hydrogen-bond acceptors (Lipinski definition) is 4. The van der Waals surface area contributed by atoms with E-state index in [9.17, 15) is 0 Å². The van der Waals surface area contributed by atoms with Crippen LogP contribution in [-0.4, -0.2) is 24.2 Å². The van der Waals surface area contributed by atoms with Crippen LogP contribution in [0.25, 0.3) is 0 Å². The van der Waals surface area contributed by atoms with E-state index in [1.807, 2.05) is 24.3 Å². The van der Waals surface area contributed by atoms with E-state index in [1.165, 1.54) is 0 Å². The second-order valence-electron chi connectivity index (χ2n) is 4.71. The minimum absolute atomic E-state index is 0.490. The SMILES string of the molecule is CCCc1cc(Cl)nc(Cc2ccc(OC)c(OC)c2)n1. The fraction of sp³-hybridized carbons (Fsp3) is 0.375. The fourth-order valence-electron chi connectivity index (χ4n) is 2.15. The molecule has 0 aliphatic heterocycles. The van der Waals surface area contributed by atoms with Gasteiger partial charge in [-0.05, 0) is 30.2 Å². The first-order chi connectivity index (χ1) is 10.2. The number of hydrogen-bond donors (Lipinski definition) is 0. The lowest BCUT2D eigenvalue weighted by Gasteiger charge is -2.09. The normalized spacial score (nSPS) is 10.5. The van der Waals surface area contributed by atoms with Gasteiger partial charge in [-0.15, -0.1) is 0 Å². The van der Waals surface area contributed by atoms with Gasteiger partial charge in [0, 0.05) is 12.1 Å². The molecule has 0 N–H and O–H groups in total. The van der Waals surface area contributed by atoms with E-state index in [4.69, 9.17) is 21.1 Å². The number of ether oxygens (including phenoxy) is 2. The zero-order chi connectivity index (χ0) is 15.2. The van der Waals surface area contributed by atoms with Crippen LogP contribution in [-0.2, 0) is 12.8 Å². The molecule has 2 aromatic rings. The van der Waals surface area contributed by atoms with Gasteiger partial charge in [0.05, 0.1) is 14.2 Å². The van der Waals surface area contributed by atoms with Crippen molar-refractivity contribution in [3.05, 3.63) is 46.5 Å². The molecule has 0 saturated carbocycles. The molecule has 0 aliphatic carbocycles. The van der Waals surface area contributed by atoms with Crippen molar-refractivity contribution in [2.24, 2.45) is 0 Å². The topological polar surface area (TPSA) is 44.2 Å². The quantitative estimate of drug-likeness (QED) is 0.764. The highest BCUT2D eigenvalue weighted by Crippen LogP contribution is 2.28. The molecule has 5 heteroatoms. The second-order valence-corrected chi connectivity index (χ2v) is 5.10. The molecule has 112 valence electrons. The standard InChI is InChI=1S/C16H19ClN2O2/c1-4-5-12-10-15(17)19-16(18-12)9-11-6-7-13(20-2)14(8-11)21-3/h6-8,10H,4-5,9H2,1-3H3. The third-order valence-corrected chi connectivity index (χ3v) is 3.30. The van der Waals surface area contributed by atoms with Crippen molar-refractivity contribution in [3.63, 3.8) is 0 Å².